The molecule has 0 aromatic heterocycles. The maximum Gasteiger partial charge on any atom is 0.180 e. The summed E-state index contributed by atoms with van der Waals surface area (Å²) in [7, 11) is 0.420. The second-order valence-electron chi connectivity index (χ2n) is 9.41. The maximum atomic E-state index is 2.76. The molecular weight excluding hydrogens is 322 g/mol. The van der Waals surface area contributed by atoms with Crippen molar-refractivity contribution in [3.63, 3.8) is 0 Å². The molecule has 1 heterocycles. The van der Waals surface area contributed by atoms with Gasteiger partial charge in [0.05, 0.1) is 12.5 Å². The number of allylic oxidation sites excluding steroid dienone is 4. The summed E-state index contributed by atoms with van der Waals surface area (Å²) < 4.78 is 0. The third-order valence-electron chi connectivity index (χ3n) is 6.47. The Bertz CT molecular complexity index is 724. The van der Waals surface area contributed by atoms with Gasteiger partial charge >= 0.3 is 0 Å². The van der Waals surface area contributed by atoms with Crippen molar-refractivity contribution in [1.82, 2.24) is 0 Å². The number of nitrogens with zero attached hydrogens (tertiary/aromatic N) is 1. The molecule has 1 fully saturated rings. The van der Waals surface area contributed by atoms with Gasteiger partial charge in [-0.15, -0.1) is 0 Å². The van der Waals surface area contributed by atoms with Gasteiger partial charge in [0, 0.05) is 28.5 Å². The lowest BCUT2D eigenvalue weighted by Crippen LogP contribution is -2.39. The molecule has 1 saturated carbocycles. The van der Waals surface area contributed by atoms with Gasteiger partial charge in [-0.2, -0.15) is 0 Å². The van der Waals surface area contributed by atoms with Crippen molar-refractivity contribution in [2.24, 2.45) is 17.8 Å². The fraction of sp³-hybridized carbons (Fsp3) is 0.565. The fourth-order valence-corrected chi connectivity index (χ4v) is 6.19. The van der Waals surface area contributed by atoms with Crippen LogP contribution in [0.5, 0.6) is 0 Å². The number of hydrogen-bond acceptors (Lipinski definition) is 1. The van der Waals surface area contributed by atoms with E-state index in [9.17, 15) is 0 Å². The minimum absolute atomic E-state index is 0.212. The summed E-state index contributed by atoms with van der Waals surface area (Å²) >= 11 is 0. The lowest BCUT2D eigenvalue weighted by molar-refractivity contribution is 0.421. The molecule has 1 aliphatic heterocycles. The third-order valence-corrected chi connectivity index (χ3v) is 7.26. The third kappa shape index (κ3) is 2.68. The first-order valence-electron chi connectivity index (χ1n) is 9.59. The molecule has 1 aromatic rings. The second-order valence-corrected chi connectivity index (χ2v) is 11.6. The molecule has 4 rings (SSSR count). The highest BCUT2D eigenvalue weighted by Gasteiger charge is 2.55. The largest absolute Gasteiger partial charge is 0.325 e. The Morgan fingerprint density at radius 1 is 1.04 bits per heavy atom. The van der Waals surface area contributed by atoms with E-state index >= 15 is 0 Å². The molecule has 25 heavy (non-hydrogen) atoms. The Balaban J connectivity index is 1.84. The highest BCUT2D eigenvalue weighted by Crippen LogP contribution is 2.58. The minimum Gasteiger partial charge on any atom is -0.325 e. The van der Waals surface area contributed by atoms with Crippen LogP contribution in [0.25, 0.3) is 0 Å². The molecule has 0 radical (unpaired) electrons. The smallest absolute Gasteiger partial charge is 0.180 e. The summed E-state index contributed by atoms with van der Waals surface area (Å²) in [6, 6.07) is 7.99. The van der Waals surface area contributed by atoms with E-state index in [0.29, 0.717) is 40.6 Å². The van der Waals surface area contributed by atoms with Crippen LogP contribution in [0, 0.1) is 17.8 Å². The van der Waals surface area contributed by atoms with E-state index in [1.165, 1.54) is 17.1 Å². The quantitative estimate of drug-likeness (QED) is 0.668. The molecule has 0 spiro atoms. The number of benzene rings is 1. The molecule has 3 aliphatic rings. The van der Waals surface area contributed by atoms with Crippen LogP contribution in [0.4, 0.5) is 5.69 Å². The summed E-state index contributed by atoms with van der Waals surface area (Å²) in [5.74, 6) is 3.93. The van der Waals surface area contributed by atoms with E-state index in [2.05, 4.69) is 87.6 Å². The predicted molar refractivity (Wildman–Crippen MR) is 113 cm³/mol. The topological polar surface area (TPSA) is 3.24 Å². The molecule has 5 atom stereocenters. The summed E-state index contributed by atoms with van der Waals surface area (Å²) in [6.07, 6.45) is 14.2. The Kier molecular flexibility index (Phi) is 4.11. The lowest BCUT2D eigenvalue weighted by atomic mass is 9.79. The lowest BCUT2D eigenvalue weighted by Gasteiger charge is -2.30. The van der Waals surface area contributed by atoms with Gasteiger partial charge in [0.2, 0.25) is 0 Å². The van der Waals surface area contributed by atoms with Crippen LogP contribution in [0.3, 0.4) is 0 Å². The minimum atomic E-state index is 0.212. The molecular formula is C23H32NS+. The number of anilines is 1. The molecule has 0 N–H and O–H groups in total. The SMILES string of the molecule is CC1C2C=CC=CC2C2c3cc(C(C)(C)C)ccc3N(C[S+](C)C)C12. The van der Waals surface area contributed by atoms with Crippen LogP contribution in [-0.2, 0) is 16.3 Å². The van der Waals surface area contributed by atoms with Gasteiger partial charge in [0.1, 0.15) is 0 Å². The standard InChI is InChI=1S/C23H32NS/c1-15-17-9-7-8-10-18(17)21-19-13-16(23(2,3)4)11-12-20(19)24(22(15)21)14-25(5)6/h7-13,15,17-18,21-22H,14H2,1-6H3/q+1. The molecule has 0 amide bonds. The van der Waals surface area contributed by atoms with Gasteiger partial charge in [0.15, 0.2) is 5.88 Å². The van der Waals surface area contributed by atoms with Crippen molar-refractivity contribution in [2.45, 2.75) is 45.1 Å². The summed E-state index contributed by atoms with van der Waals surface area (Å²) in [5, 5.41) is 0. The van der Waals surface area contributed by atoms with Crippen LogP contribution in [0.15, 0.2) is 42.5 Å². The Morgan fingerprint density at radius 3 is 2.36 bits per heavy atom. The first-order chi connectivity index (χ1) is 11.8. The van der Waals surface area contributed by atoms with E-state index in [0.717, 1.165) is 0 Å². The van der Waals surface area contributed by atoms with Crippen molar-refractivity contribution >= 4 is 16.6 Å². The van der Waals surface area contributed by atoms with Gasteiger partial charge in [-0.05, 0) is 40.4 Å². The Hall–Kier alpha value is -1.15. The van der Waals surface area contributed by atoms with Crippen molar-refractivity contribution < 1.29 is 0 Å². The Labute approximate surface area is 156 Å². The number of fused-ring (bicyclic) bond motifs is 5. The van der Waals surface area contributed by atoms with Crippen molar-refractivity contribution in [1.29, 1.82) is 0 Å². The van der Waals surface area contributed by atoms with Crippen LogP contribution < -0.4 is 4.90 Å². The second kappa shape index (κ2) is 5.94. The summed E-state index contributed by atoms with van der Waals surface area (Å²) in [4.78, 5) is 2.76. The molecule has 1 nitrogen and oxygen atoms in total. The van der Waals surface area contributed by atoms with Crippen LogP contribution >= 0.6 is 0 Å². The van der Waals surface area contributed by atoms with Crippen LogP contribution in [-0.4, -0.2) is 24.4 Å². The van der Waals surface area contributed by atoms with Gasteiger partial charge in [-0.3, -0.25) is 0 Å². The Morgan fingerprint density at radius 2 is 1.72 bits per heavy atom. The fourth-order valence-electron chi connectivity index (χ4n) is 5.32. The monoisotopic (exact) mass is 354 g/mol. The van der Waals surface area contributed by atoms with Crippen molar-refractivity contribution in [2.75, 3.05) is 23.3 Å². The van der Waals surface area contributed by atoms with Crippen molar-refractivity contribution in [3.05, 3.63) is 53.6 Å². The van der Waals surface area contributed by atoms with Gasteiger partial charge < -0.3 is 4.90 Å². The molecule has 2 aliphatic carbocycles. The number of rotatable bonds is 2. The van der Waals surface area contributed by atoms with E-state index in [1.807, 2.05) is 0 Å². The number of hydrogen-bond donors (Lipinski definition) is 0. The summed E-state index contributed by atoms with van der Waals surface area (Å²) in [6.45, 7) is 9.48. The van der Waals surface area contributed by atoms with E-state index in [-0.39, 0.29) is 5.41 Å². The average Bonchev–Trinajstić information content (AvgIpc) is 3.01. The van der Waals surface area contributed by atoms with E-state index in [4.69, 9.17) is 0 Å². The van der Waals surface area contributed by atoms with Gasteiger partial charge in [-0.1, -0.05) is 64.1 Å². The molecule has 0 bridgehead atoms. The zero-order valence-corrected chi connectivity index (χ0v) is 17.3. The predicted octanol–water partition coefficient (Wildman–Crippen LogP) is 5.10. The normalized spacial score (nSPS) is 32.9. The van der Waals surface area contributed by atoms with Crippen LogP contribution in [0.2, 0.25) is 0 Å². The van der Waals surface area contributed by atoms with E-state index in [1.54, 1.807) is 5.56 Å². The molecule has 5 unspecified atom stereocenters. The molecule has 1 aromatic carbocycles. The first-order valence-corrected chi connectivity index (χ1v) is 11.8. The highest BCUT2D eigenvalue weighted by atomic mass is 32.2. The van der Waals surface area contributed by atoms with Gasteiger partial charge in [0.25, 0.3) is 0 Å². The molecule has 2 heteroatoms. The highest BCUT2D eigenvalue weighted by molar-refractivity contribution is 7.95. The summed E-state index contributed by atoms with van der Waals surface area (Å²) in [5.41, 5.74) is 4.81. The zero-order valence-electron chi connectivity index (χ0n) is 16.5. The van der Waals surface area contributed by atoms with Crippen molar-refractivity contribution in [3.8, 4) is 0 Å². The maximum absolute atomic E-state index is 2.76. The molecule has 0 saturated heterocycles. The first kappa shape index (κ1) is 17.3. The average molecular weight is 355 g/mol. The van der Waals surface area contributed by atoms with Gasteiger partial charge in [-0.25, -0.2) is 0 Å². The van der Waals surface area contributed by atoms with E-state index < -0.39 is 0 Å². The zero-order chi connectivity index (χ0) is 17.9. The molecule has 134 valence electrons. The van der Waals surface area contributed by atoms with Crippen LogP contribution in [0.1, 0.15) is 44.7 Å².